The van der Waals surface area contributed by atoms with Crippen molar-refractivity contribution in [1.82, 2.24) is 10.3 Å². The van der Waals surface area contributed by atoms with Crippen LogP contribution in [-0.4, -0.2) is 27.7 Å². The summed E-state index contributed by atoms with van der Waals surface area (Å²) in [6, 6.07) is 4.14. The van der Waals surface area contributed by atoms with Crippen LogP contribution in [0.4, 0.5) is 0 Å². The molecule has 2 saturated carbocycles. The van der Waals surface area contributed by atoms with Crippen molar-refractivity contribution in [2.45, 2.75) is 54.0 Å². The molecule has 20 heavy (non-hydrogen) atoms. The van der Waals surface area contributed by atoms with E-state index in [1.54, 1.807) is 18.0 Å². The number of primary amides is 1. The Morgan fingerprint density at radius 2 is 2.30 bits per heavy atom. The third-order valence-electron chi connectivity index (χ3n) is 4.00. The van der Waals surface area contributed by atoms with E-state index in [1.165, 1.54) is 0 Å². The number of aromatic nitrogens is 1. The molecule has 0 aliphatic heterocycles. The molecule has 3 rings (SSSR count). The minimum absolute atomic E-state index is 0.223. The fraction of sp³-hybridized carbons (Fsp3) is 0.571. The van der Waals surface area contributed by atoms with Gasteiger partial charge in [0.15, 0.2) is 0 Å². The fourth-order valence-corrected chi connectivity index (χ4v) is 4.24. The van der Waals surface area contributed by atoms with E-state index in [1.807, 2.05) is 12.1 Å². The maximum atomic E-state index is 11.9. The molecule has 0 bridgehead atoms. The van der Waals surface area contributed by atoms with Gasteiger partial charge in [0, 0.05) is 17.5 Å². The predicted molar refractivity (Wildman–Crippen MR) is 80.8 cm³/mol. The smallest absolute Gasteiger partial charge is 0.237 e. The largest absolute Gasteiger partial charge is 0.368 e. The van der Waals surface area contributed by atoms with E-state index in [2.05, 4.69) is 10.3 Å². The lowest BCUT2D eigenvalue weighted by atomic mass is 9.96. The number of hydrogen-bond donors (Lipinski definition) is 2. The lowest BCUT2D eigenvalue weighted by molar-refractivity contribution is -0.124. The van der Waals surface area contributed by atoms with Gasteiger partial charge in [0.25, 0.3) is 0 Å². The van der Waals surface area contributed by atoms with Crippen LogP contribution in [0.5, 0.6) is 0 Å². The van der Waals surface area contributed by atoms with Crippen LogP contribution in [0.1, 0.15) is 32.1 Å². The fourth-order valence-electron chi connectivity index (χ4n) is 2.76. The number of halogens is 1. The summed E-state index contributed by atoms with van der Waals surface area (Å²) in [6.45, 7) is 0. The molecule has 2 unspecified atom stereocenters. The summed E-state index contributed by atoms with van der Waals surface area (Å²) in [4.78, 5) is 16.2. The third-order valence-corrected chi connectivity index (χ3v) is 5.70. The standard InChI is InChI=1S/C14H18ClN3OS/c15-11-2-1-7-17-12(11)20-10-5-6-14(8-10,13(16)19)18-9-3-4-9/h1-2,7,9-10,18H,3-6,8H2,(H2,16,19). The SMILES string of the molecule is NC(=O)C1(NC2CC2)CCC(Sc2ncccc2Cl)C1. The van der Waals surface area contributed by atoms with Crippen molar-refractivity contribution in [3.63, 3.8) is 0 Å². The van der Waals surface area contributed by atoms with Crippen molar-refractivity contribution in [3.8, 4) is 0 Å². The Morgan fingerprint density at radius 3 is 2.95 bits per heavy atom. The first kappa shape index (κ1) is 14.2. The molecule has 1 aromatic rings. The van der Waals surface area contributed by atoms with Crippen LogP contribution in [-0.2, 0) is 4.79 Å². The first-order chi connectivity index (χ1) is 9.59. The Labute approximate surface area is 127 Å². The summed E-state index contributed by atoms with van der Waals surface area (Å²) in [5.74, 6) is -0.223. The number of carbonyl (C=O) groups is 1. The average Bonchev–Trinajstić information content (AvgIpc) is 3.12. The highest BCUT2D eigenvalue weighted by atomic mass is 35.5. The summed E-state index contributed by atoms with van der Waals surface area (Å²) >= 11 is 7.79. The van der Waals surface area contributed by atoms with Crippen molar-refractivity contribution in [1.29, 1.82) is 0 Å². The molecule has 1 heterocycles. The molecule has 3 N–H and O–H groups in total. The summed E-state index contributed by atoms with van der Waals surface area (Å²) in [5, 5.41) is 5.30. The molecular weight excluding hydrogens is 294 g/mol. The van der Waals surface area contributed by atoms with Gasteiger partial charge in [-0.05, 0) is 44.2 Å². The van der Waals surface area contributed by atoms with Crippen LogP contribution >= 0.6 is 23.4 Å². The zero-order chi connectivity index (χ0) is 14.2. The van der Waals surface area contributed by atoms with E-state index in [4.69, 9.17) is 17.3 Å². The summed E-state index contributed by atoms with van der Waals surface area (Å²) < 4.78 is 0. The van der Waals surface area contributed by atoms with Gasteiger partial charge < -0.3 is 11.1 Å². The van der Waals surface area contributed by atoms with Gasteiger partial charge >= 0.3 is 0 Å². The van der Waals surface area contributed by atoms with Crippen LogP contribution in [0.25, 0.3) is 0 Å². The van der Waals surface area contributed by atoms with Crippen LogP contribution < -0.4 is 11.1 Å². The molecule has 108 valence electrons. The maximum Gasteiger partial charge on any atom is 0.237 e. The molecule has 0 radical (unpaired) electrons. The summed E-state index contributed by atoms with van der Waals surface area (Å²) in [5.41, 5.74) is 5.11. The quantitative estimate of drug-likeness (QED) is 0.876. The van der Waals surface area contributed by atoms with Crippen molar-refractivity contribution in [3.05, 3.63) is 23.4 Å². The number of amides is 1. The van der Waals surface area contributed by atoms with Crippen molar-refractivity contribution >= 4 is 29.3 Å². The average molecular weight is 312 g/mol. The van der Waals surface area contributed by atoms with E-state index >= 15 is 0 Å². The highest BCUT2D eigenvalue weighted by Gasteiger charge is 2.47. The molecule has 2 atom stereocenters. The van der Waals surface area contributed by atoms with E-state index < -0.39 is 5.54 Å². The van der Waals surface area contributed by atoms with Gasteiger partial charge in [0.2, 0.25) is 5.91 Å². The maximum absolute atomic E-state index is 11.9. The number of carbonyl (C=O) groups excluding carboxylic acids is 1. The van der Waals surface area contributed by atoms with Gasteiger partial charge in [0.05, 0.1) is 10.6 Å². The number of hydrogen-bond acceptors (Lipinski definition) is 4. The van der Waals surface area contributed by atoms with Gasteiger partial charge in [-0.25, -0.2) is 4.98 Å². The van der Waals surface area contributed by atoms with Crippen LogP contribution in [0.2, 0.25) is 5.02 Å². The molecule has 1 amide bonds. The van der Waals surface area contributed by atoms with E-state index in [9.17, 15) is 4.79 Å². The van der Waals surface area contributed by atoms with Crippen molar-refractivity contribution in [2.75, 3.05) is 0 Å². The Morgan fingerprint density at radius 1 is 1.50 bits per heavy atom. The highest BCUT2D eigenvalue weighted by molar-refractivity contribution is 8.00. The van der Waals surface area contributed by atoms with Crippen LogP contribution in [0, 0.1) is 0 Å². The number of nitrogens with one attached hydrogen (secondary N) is 1. The first-order valence-corrected chi connectivity index (χ1v) is 8.20. The Hall–Kier alpha value is -0.780. The third kappa shape index (κ3) is 2.95. The Bertz CT molecular complexity index is 523. The first-order valence-electron chi connectivity index (χ1n) is 6.94. The van der Waals surface area contributed by atoms with Crippen LogP contribution in [0.3, 0.4) is 0 Å². The van der Waals surface area contributed by atoms with Gasteiger partial charge in [-0.2, -0.15) is 0 Å². The van der Waals surface area contributed by atoms with Gasteiger partial charge in [-0.15, -0.1) is 11.8 Å². The summed E-state index contributed by atoms with van der Waals surface area (Å²) in [7, 11) is 0. The monoisotopic (exact) mass is 311 g/mol. The predicted octanol–water partition coefficient (Wildman–Crippen LogP) is 2.36. The summed E-state index contributed by atoms with van der Waals surface area (Å²) in [6.07, 6.45) is 6.57. The molecule has 6 heteroatoms. The molecule has 1 aromatic heterocycles. The van der Waals surface area contributed by atoms with Gasteiger partial charge in [-0.1, -0.05) is 11.6 Å². The Balaban J connectivity index is 1.68. The number of nitrogens with zero attached hydrogens (tertiary/aromatic N) is 1. The molecule has 2 aliphatic rings. The molecule has 0 aromatic carbocycles. The van der Waals surface area contributed by atoms with E-state index in [0.717, 1.165) is 37.1 Å². The second kappa shape index (κ2) is 5.54. The molecular formula is C14H18ClN3OS. The zero-order valence-corrected chi connectivity index (χ0v) is 12.7. The number of rotatable bonds is 5. The minimum atomic E-state index is -0.528. The van der Waals surface area contributed by atoms with Crippen molar-refractivity contribution < 1.29 is 4.79 Å². The molecule has 2 aliphatic carbocycles. The lowest BCUT2D eigenvalue weighted by Gasteiger charge is -2.27. The lowest BCUT2D eigenvalue weighted by Crippen LogP contribution is -2.54. The van der Waals surface area contributed by atoms with E-state index in [0.29, 0.717) is 16.3 Å². The normalized spacial score (nSPS) is 29.6. The molecule has 4 nitrogen and oxygen atoms in total. The van der Waals surface area contributed by atoms with Gasteiger partial charge in [-0.3, -0.25) is 4.79 Å². The second-order valence-electron chi connectivity index (χ2n) is 5.64. The van der Waals surface area contributed by atoms with E-state index in [-0.39, 0.29) is 5.91 Å². The minimum Gasteiger partial charge on any atom is -0.368 e. The number of pyridine rings is 1. The highest BCUT2D eigenvalue weighted by Crippen LogP contribution is 2.42. The molecule has 0 saturated heterocycles. The van der Waals surface area contributed by atoms with Crippen LogP contribution in [0.15, 0.2) is 23.4 Å². The molecule has 0 spiro atoms. The second-order valence-corrected chi connectivity index (χ2v) is 7.33. The Kier molecular flexibility index (Phi) is 3.93. The number of thioether (sulfide) groups is 1. The van der Waals surface area contributed by atoms with Crippen molar-refractivity contribution in [2.24, 2.45) is 5.73 Å². The molecule has 2 fully saturated rings. The zero-order valence-electron chi connectivity index (χ0n) is 11.1. The number of nitrogens with two attached hydrogens (primary N) is 1. The van der Waals surface area contributed by atoms with Gasteiger partial charge in [0.1, 0.15) is 5.03 Å². The topological polar surface area (TPSA) is 68.0 Å².